The predicted octanol–water partition coefficient (Wildman–Crippen LogP) is 1.11. The van der Waals surface area contributed by atoms with Gasteiger partial charge in [-0.25, -0.2) is 0 Å². The van der Waals surface area contributed by atoms with Gasteiger partial charge in [0.25, 0.3) is 0 Å². The Hall–Kier alpha value is 1.01. The Labute approximate surface area is 56.5 Å². The van der Waals surface area contributed by atoms with Crippen LogP contribution in [0.5, 0.6) is 0 Å². The van der Waals surface area contributed by atoms with Crippen molar-refractivity contribution in [1.29, 1.82) is 0 Å². The number of hydrogen-bond acceptors (Lipinski definition) is 0. The molecule has 1 saturated heterocycles. The molecule has 1 fully saturated rings. The third-order valence-electron chi connectivity index (χ3n) is 1.40. The molecule has 1 rings (SSSR count). The second kappa shape index (κ2) is 2.52. The molecular formula is C5H12SiTe. The van der Waals surface area contributed by atoms with Crippen molar-refractivity contribution in [3.05, 3.63) is 0 Å². The molecule has 0 saturated carbocycles. The van der Waals surface area contributed by atoms with Crippen molar-refractivity contribution in [2.45, 2.75) is 24.0 Å². The molecule has 2 unspecified atom stereocenters. The van der Waals surface area contributed by atoms with Gasteiger partial charge in [0, 0.05) is 0 Å². The van der Waals surface area contributed by atoms with Crippen molar-refractivity contribution >= 4 is 26.5 Å². The molecule has 0 N–H and O–H groups in total. The fourth-order valence-corrected chi connectivity index (χ4v) is 13.9. The molecule has 1 aliphatic rings. The summed E-state index contributed by atoms with van der Waals surface area (Å²) in [5.41, 5.74) is 0. The van der Waals surface area contributed by atoms with Crippen LogP contribution in [-0.4, -0.2) is 26.5 Å². The zero-order valence-corrected chi connectivity index (χ0v) is 8.46. The minimum absolute atomic E-state index is 0.0227. The molecule has 0 aliphatic carbocycles. The first-order valence-corrected chi connectivity index (χ1v) is 11.0. The van der Waals surface area contributed by atoms with E-state index in [1.807, 2.05) is 0 Å². The van der Waals surface area contributed by atoms with Crippen molar-refractivity contribution in [2.75, 3.05) is 0 Å². The van der Waals surface area contributed by atoms with Gasteiger partial charge in [0.2, 0.25) is 0 Å². The molecule has 0 aromatic carbocycles. The Kier molecular flexibility index (Phi) is 2.21. The monoisotopic (exact) mass is 230 g/mol. The van der Waals surface area contributed by atoms with E-state index in [1.54, 1.807) is 10.5 Å². The van der Waals surface area contributed by atoms with Crippen LogP contribution < -0.4 is 0 Å². The first-order chi connectivity index (χ1) is 3.29. The summed E-state index contributed by atoms with van der Waals surface area (Å²) < 4.78 is 1.67. The van der Waals surface area contributed by atoms with Crippen LogP contribution in [0.3, 0.4) is 0 Å². The van der Waals surface area contributed by atoms with Gasteiger partial charge in [-0.05, 0) is 0 Å². The Balaban J connectivity index is 2.26. The molecule has 0 bridgehead atoms. The zero-order valence-electron chi connectivity index (χ0n) is 4.98. The van der Waals surface area contributed by atoms with E-state index < -0.39 is 0 Å². The first kappa shape index (κ1) is 6.13. The standard InChI is InChI=1S/C5H12SiTe/c1-5-3-6(2)7-4-5/h5-6H,3-4H2,1-2H3. The summed E-state index contributed by atoms with van der Waals surface area (Å²) in [5, 5.41) is 0. The van der Waals surface area contributed by atoms with Crippen molar-refractivity contribution in [3.8, 4) is 0 Å². The summed E-state index contributed by atoms with van der Waals surface area (Å²) in [5.74, 6) is 1.14. The zero-order chi connectivity index (χ0) is 5.28. The molecule has 2 atom stereocenters. The van der Waals surface area contributed by atoms with E-state index in [0.717, 1.165) is 5.92 Å². The van der Waals surface area contributed by atoms with Crippen molar-refractivity contribution in [2.24, 2.45) is 5.92 Å². The van der Waals surface area contributed by atoms with Gasteiger partial charge in [-0.3, -0.25) is 0 Å². The van der Waals surface area contributed by atoms with E-state index >= 15 is 0 Å². The Morgan fingerprint density at radius 3 is 2.57 bits per heavy atom. The second-order valence-electron chi connectivity index (χ2n) is 2.48. The second-order valence-corrected chi connectivity index (χ2v) is 15.6. The molecule has 0 aromatic rings. The average Bonchev–Trinajstić information content (AvgIpc) is 1.87. The molecule has 1 aliphatic heterocycles. The van der Waals surface area contributed by atoms with E-state index in [-0.39, 0.29) is 6.34 Å². The predicted molar refractivity (Wildman–Crippen MR) is 37.5 cm³/mol. The van der Waals surface area contributed by atoms with Crippen molar-refractivity contribution in [3.63, 3.8) is 0 Å². The van der Waals surface area contributed by atoms with Gasteiger partial charge in [0.15, 0.2) is 0 Å². The van der Waals surface area contributed by atoms with E-state index in [0.29, 0.717) is 20.1 Å². The Bertz CT molecular complexity index is 57.1. The van der Waals surface area contributed by atoms with Crippen LogP contribution in [0.1, 0.15) is 6.92 Å². The van der Waals surface area contributed by atoms with Gasteiger partial charge < -0.3 is 0 Å². The quantitative estimate of drug-likeness (QED) is 0.544. The van der Waals surface area contributed by atoms with Crippen LogP contribution in [0.4, 0.5) is 0 Å². The molecule has 1 heterocycles. The SMILES string of the molecule is CC1C[Te][SiH](C)C1. The normalized spacial score (nSPS) is 42.0. The maximum absolute atomic E-state index is 2.55. The van der Waals surface area contributed by atoms with Crippen LogP contribution in [0.15, 0.2) is 0 Å². The van der Waals surface area contributed by atoms with Gasteiger partial charge in [-0.15, -0.1) is 0 Å². The van der Waals surface area contributed by atoms with E-state index in [1.165, 1.54) is 0 Å². The van der Waals surface area contributed by atoms with Gasteiger partial charge >= 0.3 is 56.4 Å². The topological polar surface area (TPSA) is 0 Å². The van der Waals surface area contributed by atoms with Crippen LogP contribution in [-0.2, 0) is 0 Å². The Morgan fingerprint density at radius 2 is 2.43 bits per heavy atom. The van der Waals surface area contributed by atoms with Crippen LogP contribution in [0, 0.1) is 5.92 Å². The molecule has 7 heavy (non-hydrogen) atoms. The number of rotatable bonds is 0. The van der Waals surface area contributed by atoms with Crippen LogP contribution in [0.25, 0.3) is 0 Å². The summed E-state index contributed by atoms with van der Waals surface area (Å²) in [4.78, 5) is 0. The summed E-state index contributed by atoms with van der Waals surface area (Å²) in [6.07, 6.45) is 0.0227. The van der Waals surface area contributed by atoms with E-state index in [2.05, 4.69) is 13.5 Å². The molecule has 0 spiro atoms. The minimum atomic E-state index is 0.0227. The Morgan fingerprint density at radius 1 is 1.71 bits per heavy atom. The third kappa shape index (κ3) is 1.75. The first-order valence-electron chi connectivity index (χ1n) is 2.90. The summed E-state index contributed by atoms with van der Waals surface area (Å²) in [6, 6.07) is 1.67. The van der Waals surface area contributed by atoms with Crippen LogP contribution >= 0.6 is 0 Å². The van der Waals surface area contributed by atoms with Gasteiger partial charge in [0.05, 0.1) is 0 Å². The summed E-state index contributed by atoms with van der Waals surface area (Å²) in [6.45, 7) is 4.97. The summed E-state index contributed by atoms with van der Waals surface area (Å²) in [7, 11) is 0. The van der Waals surface area contributed by atoms with Gasteiger partial charge in [-0.1, -0.05) is 0 Å². The fourth-order valence-electron chi connectivity index (χ4n) is 1.03. The molecule has 0 nitrogen and oxygen atoms in total. The number of hydrogen-bond donors (Lipinski definition) is 0. The molecular weight excluding hydrogens is 216 g/mol. The van der Waals surface area contributed by atoms with Crippen molar-refractivity contribution < 1.29 is 0 Å². The van der Waals surface area contributed by atoms with Gasteiger partial charge in [-0.2, -0.15) is 0 Å². The average molecular weight is 228 g/mol. The molecule has 0 amide bonds. The summed E-state index contributed by atoms with van der Waals surface area (Å²) >= 11 is 0.626. The maximum atomic E-state index is 2.55. The fraction of sp³-hybridized carbons (Fsp3) is 1.00. The molecule has 42 valence electrons. The van der Waals surface area contributed by atoms with E-state index in [4.69, 9.17) is 0 Å². The molecule has 0 aromatic heterocycles. The van der Waals surface area contributed by atoms with Crippen molar-refractivity contribution in [1.82, 2.24) is 0 Å². The molecule has 2 heteroatoms. The van der Waals surface area contributed by atoms with E-state index in [9.17, 15) is 0 Å². The van der Waals surface area contributed by atoms with Crippen LogP contribution in [0.2, 0.25) is 17.1 Å². The third-order valence-corrected chi connectivity index (χ3v) is 13.4. The van der Waals surface area contributed by atoms with Gasteiger partial charge in [0.1, 0.15) is 0 Å². The molecule has 0 radical (unpaired) electrons.